The van der Waals surface area contributed by atoms with E-state index in [9.17, 15) is 25.2 Å². The van der Waals surface area contributed by atoms with Gasteiger partial charge in [-0.2, -0.15) is 0 Å². The van der Waals surface area contributed by atoms with E-state index in [4.69, 9.17) is 4.74 Å². The quantitative estimate of drug-likeness (QED) is 0.180. The van der Waals surface area contributed by atoms with Gasteiger partial charge in [-0.25, -0.2) is 9.48 Å². The number of amidine groups is 1. The number of nitrogens with zero attached hydrogens (tertiary/aromatic N) is 5. The fourth-order valence-electron chi connectivity index (χ4n) is 1.93. The Balaban J connectivity index is 0.000000244. The second kappa shape index (κ2) is 9.33. The Morgan fingerprint density at radius 1 is 1.10 bits per heavy atom. The number of aromatic amines is 1. The van der Waals surface area contributed by atoms with Gasteiger partial charge in [0.15, 0.2) is 0 Å². The van der Waals surface area contributed by atoms with E-state index in [1.165, 1.54) is 0 Å². The Morgan fingerprint density at radius 2 is 1.74 bits per heavy atom. The summed E-state index contributed by atoms with van der Waals surface area (Å²) in [6.07, 6.45) is 8.78. The van der Waals surface area contributed by atoms with E-state index in [1.54, 1.807) is 18.6 Å². The monoisotopic (exact) mass is 473 g/mol. The van der Waals surface area contributed by atoms with Gasteiger partial charge in [0.25, 0.3) is 0 Å². The van der Waals surface area contributed by atoms with Crippen molar-refractivity contribution in [1.29, 1.82) is 0 Å². The maximum absolute atomic E-state index is 10.7. The number of pyridine rings is 1. The number of ether oxygens (including phenoxy) is 1. The SMILES string of the molecule is C1=Cc2cnccc2NN=N1.CN(C)C(Oc1ccc[nH]1)=[N+](C)C.F[P-](F)(F)(F)(F)F. The van der Waals surface area contributed by atoms with E-state index in [1.807, 2.05) is 68.1 Å². The first kappa shape index (κ1) is 25.9. The molecule has 0 saturated carbocycles. The van der Waals surface area contributed by atoms with Gasteiger partial charge in [0.1, 0.15) is 0 Å². The van der Waals surface area contributed by atoms with E-state index in [-0.39, 0.29) is 0 Å². The first-order chi connectivity index (χ1) is 14.0. The summed E-state index contributed by atoms with van der Waals surface area (Å²) in [5, 5.41) is 7.36. The van der Waals surface area contributed by atoms with Crippen LogP contribution in [-0.2, 0) is 0 Å². The van der Waals surface area contributed by atoms with E-state index in [0.717, 1.165) is 23.2 Å². The third-order valence-corrected chi connectivity index (χ3v) is 2.94. The third-order valence-electron chi connectivity index (χ3n) is 2.94. The molecule has 0 unspecified atom stereocenters. The zero-order valence-corrected chi connectivity index (χ0v) is 17.9. The minimum absolute atomic E-state index is 0.748. The molecule has 1 aliphatic rings. The Kier molecular flexibility index (Phi) is 7.79. The number of fused-ring (bicyclic) bond motifs is 1. The molecule has 0 saturated heterocycles. The number of rotatable bonds is 1. The average Bonchev–Trinajstić information content (AvgIpc) is 3.00. The first-order valence-corrected chi connectivity index (χ1v) is 10.4. The number of aromatic nitrogens is 2. The molecule has 3 rings (SSSR count). The summed E-state index contributed by atoms with van der Waals surface area (Å²) in [6, 6.07) is 6.43. The van der Waals surface area contributed by atoms with Crippen molar-refractivity contribution in [1.82, 2.24) is 14.9 Å². The predicted molar refractivity (Wildman–Crippen MR) is 108 cm³/mol. The maximum atomic E-state index is 9.87. The minimum atomic E-state index is -10.7. The number of anilines is 1. The molecule has 0 aromatic carbocycles. The molecular formula is C16H22F6N7OP. The number of hydrogen-bond acceptors (Lipinski definition) is 5. The zero-order chi connectivity index (χ0) is 23.8. The summed E-state index contributed by atoms with van der Waals surface area (Å²) < 4.78 is 66.7. The van der Waals surface area contributed by atoms with Gasteiger partial charge in [-0.15, -0.1) is 5.11 Å². The number of H-pyrrole nitrogens is 1. The fraction of sp³-hybridized carbons (Fsp3) is 0.250. The molecule has 2 N–H and O–H groups in total. The van der Waals surface area contributed by atoms with Gasteiger partial charge in [-0.05, 0) is 18.2 Å². The van der Waals surface area contributed by atoms with E-state index >= 15 is 0 Å². The standard InChI is InChI=1S/C9H16N3O.C7H6N4.F6P/c1-11(2)9(12(3)4)13-8-6-5-7-10-8;1-4-9-11-10-7-2-3-8-5-6(1)7;1-7(2,3,4,5)6/h5-7,10H,1-4H3;1-5H,(H,9,10);/q+1;;-1. The van der Waals surface area contributed by atoms with Gasteiger partial charge < -0.3 is 9.72 Å². The molecule has 0 atom stereocenters. The molecule has 0 radical (unpaired) electrons. The molecule has 0 aliphatic carbocycles. The van der Waals surface area contributed by atoms with Crippen LogP contribution in [0.25, 0.3) is 6.08 Å². The third kappa shape index (κ3) is 13.7. The van der Waals surface area contributed by atoms with Crippen molar-refractivity contribution in [2.45, 2.75) is 0 Å². The topological polar surface area (TPSA) is 80.9 Å². The van der Waals surface area contributed by atoms with Gasteiger partial charge in [-0.3, -0.25) is 10.4 Å². The Hall–Kier alpha value is -3.15. The molecule has 3 heterocycles. The first-order valence-electron chi connectivity index (χ1n) is 8.38. The molecule has 2 aromatic heterocycles. The van der Waals surface area contributed by atoms with Crippen molar-refractivity contribution < 1.29 is 34.5 Å². The van der Waals surface area contributed by atoms with Crippen molar-refractivity contribution >= 4 is 25.6 Å². The van der Waals surface area contributed by atoms with Crippen molar-refractivity contribution in [3.05, 3.63) is 48.6 Å². The molecule has 15 heteroatoms. The van der Waals surface area contributed by atoms with Crippen LogP contribution in [0.1, 0.15) is 5.56 Å². The van der Waals surface area contributed by atoms with Gasteiger partial charge in [0.05, 0.1) is 40.1 Å². The molecule has 0 spiro atoms. The van der Waals surface area contributed by atoms with E-state index < -0.39 is 7.81 Å². The van der Waals surface area contributed by atoms with Crippen LogP contribution in [0.15, 0.2) is 53.3 Å². The van der Waals surface area contributed by atoms with Crippen LogP contribution in [0.3, 0.4) is 0 Å². The van der Waals surface area contributed by atoms with Gasteiger partial charge in [-0.1, -0.05) is 5.22 Å². The van der Waals surface area contributed by atoms with Gasteiger partial charge in [0.2, 0.25) is 5.88 Å². The van der Waals surface area contributed by atoms with Crippen molar-refractivity contribution in [2.75, 3.05) is 33.6 Å². The molecule has 2 aromatic rings. The normalized spacial score (nSPS) is 14.0. The number of halogens is 6. The van der Waals surface area contributed by atoms with E-state index in [0.29, 0.717) is 0 Å². The van der Waals surface area contributed by atoms with Crippen molar-refractivity contribution in [3.8, 4) is 5.88 Å². The molecule has 174 valence electrons. The predicted octanol–water partition coefficient (Wildman–Crippen LogP) is 5.81. The molecule has 0 fully saturated rings. The van der Waals surface area contributed by atoms with Crippen LogP contribution >= 0.6 is 7.81 Å². The average molecular weight is 473 g/mol. The Labute approximate surface area is 174 Å². The summed E-state index contributed by atoms with van der Waals surface area (Å²) in [7, 11) is -2.89. The van der Waals surface area contributed by atoms with Gasteiger partial charge >= 0.3 is 39.0 Å². The number of nitrogens with one attached hydrogen (secondary N) is 2. The van der Waals surface area contributed by atoms with Crippen LogP contribution in [0.4, 0.5) is 30.9 Å². The molecule has 31 heavy (non-hydrogen) atoms. The zero-order valence-electron chi connectivity index (χ0n) is 17.0. The molecule has 8 nitrogen and oxygen atoms in total. The van der Waals surface area contributed by atoms with Crippen LogP contribution in [0, 0.1) is 0 Å². The van der Waals surface area contributed by atoms with Crippen LogP contribution in [0.2, 0.25) is 0 Å². The van der Waals surface area contributed by atoms with E-state index in [2.05, 4.69) is 25.7 Å². The second-order valence-corrected chi connectivity index (χ2v) is 8.19. The Morgan fingerprint density at radius 3 is 2.26 bits per heavy atom. The van der Waals surface area contributed by atoms with Crippen LogP contribution < -0.4 is 10.2 Å². The summed E-state index contributed by atoms with van der Waals surface area (Å²) >= 11 is 0. The molecular weight excluding hydrogens is 451 g/mol. The summed E-state index contributed by atoms with van der Waals surface area (Å²) in [5.41, 5.74) is 4.71. The van der Waals surface area contributed by atoms with Gasteiger partial charge in [0, 0.05) is 30.2 Å². The summed E-state index contributed by atoms with van der Waals surface area (Å²) in [4.78, 5) is 8.86. The van der Waals surface area contributed by atoms with Crippen LogP contribution in [0.5, 0.6) is 5.88 Å². The summed E-state index contributed by atoms with van der Waals surface area (Å²) in [5.74, 6) is 0.748. The Bertz CT molecular complexity index is 926. The van der Waals surface area contributed by atoms with Crippen LogP contribution in [-0.4, -0.2) is 53.7 Å². The molecule has 1 aliphatic heterocycles. The molecule has 0 bridgehead atoms. The number of hydrogen-bond donors (Lipinski definition) is 2. The summed E-state index contributed by atoms with van der Waals surface area (Å²) in [6.45, 7) is 0. The fourth-order valence-corrected chi connectivity index (χ4v) is 1.93. The molecule has 0 amide bonds. The second-order valence-electron chi connectivity index (χ2n) is 6.27. The van der Waals surface area contributed by atoms with Crippen molar-refractivity contribution in [3.63, 3.8) is 0 Å². The van der Waals surface area contributed by atoms with Crippen molar-refractivity contribution in [2.24, 2.45) is 10.3 Å².